The Bertz CT molecular complexity index is 1130. The predicted molar refractivity (Wildman–Crippen MR) is 121 cm³/mol. The third-order valence-corrected chi connectivity index (χ3v) is 5.57. The second-order valence-electron chi connectivity index (χ2n) is 6.87. The van der Waals surface area contributed by atoms with Crippen LogP contribution in [0.15, 0.2) is 71.6 Å². The molecule has 4 nitrogen and oxygen atoms in total. The Hall–Kier alpha value is -2.97. The molecule has 2 N–H and O–H groups in total. The van der Waals surface area contributed by atoms with E-state index in [1.54, 1.807) is 42.5 Å². The minimum atomic E-state index is -4.64. The molecule has 32 heavy (non-hydrogen) atoms. The first kappa shape index (κ1) is 23.7. The molecule has 0 bridgehead atoms. The molecule has 0 saturated carbocycles. The van der Waals surface area contributed by atoms with Gasteiger partial charge >= 0.3 is 6.18 Å². The van der Waals surface area contributed by atoms with E-state index < -0.39 is 17.6 Å². The van der Waals surface area contributed by atoms with Gasteiger partial charge in [0.15, 0.2) is 0 Å². The normalized spacial score (nSPS) is 11.2. The number of carbonyl (C=O) groups is 2. The van der Waals surface area contributed by atoms with Crippen molar-refractivity contribution in [2.24, 2.45) is 0 Å². The van der Waals surface area contributed by atoms with Crippen molar-refractivity contribution in [1.82, 2.24) is 0 Å². The van der Waals surface area contributed by atoms with Gasteiger partial charge in [-0.3, -0.25) is 9.59 Å². The fraction of sp³-hybridized carbons (Fsp3) is 0.130. The Balaban J connectivity index is 1.56. The molecule has 0 aromatic heterocycles. The van der Waals surface area contributed by atoms with Crippen LogP contribution in [0.5, 0.6) is 0 Å². The van der Waals surface area contributed by atoms with E-state index >= 15 is 0 Å². The molecule has 2 amide bonds. The highest BCUT2D eigenvalue weighted by Gasteiger charge is 2.34. The van der Waals surface area contributed by atoms with E-state index in [-0.39, 0.29) is 22.4 Å². The summed E-state index contributed by atoms with van der Waals surface area (Å²) in [6.45, 7) is 1.90. The Kier molecular flexibility index (Phi) is 7.48. The summed E-state index contributed by atoms with van der Waals surface area (Å²) in [4.78, 5) is 25.2. The Morgan fingerprint density at radius 3 is 2.34 bits per heavy atom. The lowest BCUT2D eigenvalue weighted by Crippen LogP contribution is -2.18. The van der Waals surface area contributed by atoms with Gasteiger partial charge in [-0.05, 0) is 61.5 Å². The number of benzene rings is 3. The van der Waals surface area contributed by atoms with E-state index in [1.165, 1.54) is 6.07 Å². The van der Waals surface area contributed by atoms with E-state index in [4.69, 9.17) is 11.6 Å². The number of carbonyl (C=O) groups excluding carboxylic acids is 2. The first-order chi connectivity index (χ1) is 15.1. The molecule has 9 heteroatoms. The molecule has 0 aliphatic heterocycles. The quantitative estimate of drug-likeness (QED) is 0.390. The van der Waals surface area contributed by atoms with Gasteiger partial charge < -0.3 is 10.6 Å². The highest BCUT2D eigenvalue weighted by atomic mass is 35.5. The van der Waals surface area contributed by atoms with Crippen LogP contribution in [0.2, 0.25) is 5.02 Å². The summed E-state index contributed by atoms with van der Waals surface area (Å²) < 4.78 is 39.4. The van der Waals surface area contributed by atoms with Crippen molar-refractivity contribution in [1.29, 1.82) is 0 Å². The molecule has 0 fully saturated rings. The summed E-state index contributed by atoms with van der Waals surface area (Å²) >= 11 is 6.80. The number of aryl methyl sites for hydroxylation is 1. The predicted octanol–water partition coefficient (Wildman–Crippen LogP) is 6.65. The first-order valence-corrected chi connectivity index (χ1v) is 10.8. The van der Waals surface area contributed by atoms with Crippen LogP contribution in [-0.2, 0) is 11.0 Å². The monoisotopic (exact) mass is 478 g/mol. The topological polar surface area (TPSA) is 58.2 Å². The second-order valence-corrected chi connectivity index (χ2v) is 8.36. The smallest absolute Gasteiger partial charge is 0.325 e. The van der Waals surface area contributed by atoms with Crippen LogP contribution in [0, 0.1) is 6.92 Å². The highest BCUT2D eigenvalue weighted by Crippen LogP contribution is 2.36. The van der Waals surface area contributed by atoms with E-state index in [0.29, 0.717) is 11.3 Å². The van der Waals surface area contributed by atoms with Crippen molar-refractivity contribution < 1.29 is 22.8 Å². The maximum atomic E-state index is 13.1. The lowest BCUT2D eigenvalue weighted by molar-refractivity contribution is -0.137. The van der Waals surface area contributed by atoms with Gasteiger partial charge in [0.2, 0.25) is 5.91 Å². The third kappa shape index (κ3) is 6.51. The average Bonchev–Trinajstić information content (AvgIpc) is 2.74. The van der Waals surface area contributed by atoms with Crippen LogP contribution in [-0.4, -0.2) is 17.6 Å². The summed E-state index contributed by atoms with van der Waals surface area (Å²) in [5, 5.41) is 5.00. The van der Waals surface area contributed by atoms with Crippen molar-refractivity contribution in [2.45, 2.75) is 18.0 Å². The number of anilines is 2. The molecular weight excluding hydrogens is 461 g/mol. The van der Waals surface area contributed by atoms with Crippen molar-refractivity contribution in [2.75, 3.05) is 16.4 Å². The summed E-state index contributed by atoms with van der Waals surface area (Å²) in [5.74, 6) is -0.911. The van der Waals surface area contributed by atoms with E-state index in [9.17, 15) is 22.8 Å². The summed E-state index contributed by atoms with van der Waals surface area (Å²) in [5.41, 5.74) is 0.754. The van der Waals surface area contributed by atoms with E-state index in [1.807, 2.05) is 13.0 Å². The van der Waals surface area contributed by atoms with Crippen molar-refractivity contribution in [3.8, 4) is 0 Å². The zero-order valence-electron chi connectivity index (χ0n) is 16.8. The number of amides is 2. The molecule has 0 radical (unpaired) electrons. The van der Waals surface area contributed by atoms with Crippen LogP contribution in [0.1, 0.15) is 21.5 Å². The van der Waals surface area contributed by atoms with Gasteiger partial charge in [0, 0.05) is 21.2 Å². The van der Waals surface area contributed by atoms with E-state index in [2.05, 4.69) is 10.6 Å². The number of alkyl halides is 3. The van der Waals surface area contributed by atoms with Crippen molar-refractivity contribution >= 4 is 46.6 Å². The number of rotatable bonds is 6. The minimum Gasteiger partial charge on any atom is -0.325 e. The Morgan fingerprint density at radius 1 is 0.969 bits per heavy atom. The number of nitrogens with one attached hydrogen (secondary N) is 2. The largest absolute Gasteiger partial charge is 0.418 e. The zero-order valence-corrected chi connectivity index (χ0v) is 18.4. The number of halogens is 4. The van der Waals surface area contributed by atoms with Crippen molar-refractivity contribution in [3.05, 3.63) is 88.4 Å². The van der Waals surface area contributed by atoms with Crippen molar-refractivity contribution in [3.63, 3.8) is 0 Å². The first-order valence-electron chi connectivity index (χ1n) is 9.39. The van der Waals surface area contributed by atoms with Gasteiger partial charge in [0.1, 0.15) is 0 Å². The van der Waals surface area contributed by atoms with Gasteiger partial charge in [-0.2, -0.15) is 13.2 Å². The maximum Gasteiger partial charge on any atom is 0.418 e. The second kappa shape index (κ2) is 10.1. The molecule has 0 atom stereocenters. The molecule has 3 aromatic carbocycles. The fourth-order valence-electron chi connectivity index (χ4n) is 2.82. The lowest BCUT2D eigenvalue weighted by Gasteiger charge is -2.14. The lowest BCUT2D eigenvalue weighted by atomic mass is 10.1. The highest BCUT2D eigenvalue weighted by molar-refractivity contribution is 8.00. The van der Waals surface area contributed by atoms with Crippen LogP contribution in [0.3, 0.4) is 0 Å². The number of hydrogen-bond acceptors (Lipinski definition) is 3. The molecule has 166 valence electrons. The van der Waals surface area contributed by atoms with Gasteiger partial charge in [-0.1, -0.05) is 29.3 Å². The molecule has 0 heterocycles. The third-order valence-electron chi connectivity index (χ3n) is 4.32. The average molecular weight is 479 g/mol. The number of hydrogen-bond donors (Lipinski definition) is 2. The summed E-state index contributed by atoms with van der Waals surface area (Å²) in [6, 6.07) is 17.2. The molecule has 0 saturated heterocycles. The molecule has 3 rings (SSSR count). The van der Waals surface area contributed by atoms with Gasteiger partial charge in [0.05, 0.1) is 17.0 Å². The molecule has 0 unspecified atom stereocenters. The van der Waals surface area contributed by atoms with E-state index in [0.717, 1.165) is 34.4 Å². The van der Waals surface area contributed by atoms with Crippen LogP contribution >= 0.6 is 23.4 Å². The molecule has 0 aliphatic carbocycles. The number of thioether (sulfide) groups is 1. The molecule has 0 aliphatic rings. The standard InChI is InChI=1S/C23H18ClF3N2O2S/c1-14-3-2-4-15(11-14)22(31)28-17-6-8-18(9-7-17)32-13-21(30)29-20-10-5-16(24)12-19(20)23(25,26)27/h2-12H,13H2,1H3,(H,28,31)(H,29,30). The molecule has 0 spiro atoms. The van der Waals surface area contributed by atoms with Gasteiger partial charge in [-0.15, -0.1) is 11.8 Å². The molecular formula is C23H18ClF3N2O2S. The Labute approximate surface area is 192 Å². The zero-order chi connectivity index (χ0) is 23.3. The van der Waals surface area contributed by atoms with Crippen LogP contribution in [0.4, 0.5) is 24.5 Å². The Morgan fingerprint density at radius 2 is 1.69 bits per heavy atom. The SMILES string of the molecule is Cc1cccc(C(=O)Nc2ccc(SCC(=O)Nc3ccc(Cl)cc3C(F)(F)F)cc2)c1. The van der Waals surface area contributed by atoms with Gasteiger partial charge in [-0.25, -0.2) is 0 Å². The van der Waals surface area contributed by atoms with Crippen LogP contribution < -0.4 is 10.6 Å². The van der Waals surface area contributed by atoms with Crippen LogP contribution in [0.25, 0.3) is 0 Å². The molecule has 3 aromatic rings. The summed E-state index contributed by atoms with van der Waals surface area (Å²) in [6.07, 6.45) is -4.64. The maximum absolute atomic E-state index is 13.1. The van der Waals surface area contributed by atoms with Gasteiger partial charge in [0.25, 0.3) is 5.91 Å². The summed E-state index contributed by atoms with van der Waals surface area (Å²) in [7, 11) is 0. The fourth-order valence-corrected chi connectivity index (χ4v) is 3.69. The minimum absolute atomic E-state index is 0.0701.